The lowest BCUT2D eigenvalue weighted by Crippen LogP contribution is -2.17. The lowest BCUT2D eigenvalue weighted by Gasteiger charge is -2.04. The molecule has 108 valence electrons. The molecule has 0 radical (unpaired) electrons. The number of carbonyl (C=O) groups is 1. The van der Waals surface area contributed by atoms with E-state index in [1.807, 2.05) is 18.2 Å². The topological polar surface area (TPSA) is 26.3 Å². The van der Waals surface area contributed by atoms with Gasteiger partial charge in [0.2, 0.25) is 5.78 Å². The molecule has 0 saturated carbocycles. The molecular weight excluding hydrogens is 264 g/mol. The van der Waals surface area contributed by atoms with Crippen LogP contribution in [0.3, 0.4) is 0 Å². The molecule has 1 rings (SSSR count). The first-order chi connectivity index (χ1) is 9.47. The standard InChI is InChI=1S/C17H24O2Si/c1-20(2,3)14-12-17(18)11-7-8-13-19-15-16-9-5-4-6-10-16/h4-6,9-10H,7-8,11,13,15H2,1-3H3. The summed E-state index contributed by atoms with van der Waals surface area (Å²) >= 11 is 0. The van der Waals surface area contributed by atoms with E-state index in [1.165, 1.54) is 5.56 Å². The molecule has 0 N–H and O–H groups in total. The molecule has 0 spiro atoms. The lowest BCUT2D eigenvalue weighted by atomic mass is 10.2. The first kappa shape index (κ1) is 16.7. The van der Waals surface area contributed by atoms with Crippen molar-refractivity contribution in [2.24, 2.45) is 0 Å². The minimum atomic E-state index is -1.42. The predicted molar refractivity (Wildman–Crippen MR) is 86.1 cm³/mol. The van der Waals surface area contributed by atoms with Gasteiger partial charge in [0.1, 0.15) is 8.07 Å². The normalized spacial score (nSPS) is 10.8. The van der Waals surface area contributed by atoms with Crippen LogP contribution < -0.4 is 0 Å². The molecular formula is C17H24O2Si. The van der Waals surface area contributed by atoms with Gasteiger partial charge in [-0.05, 0) is 24.3 Å². The Hall–Kier alpha value is -1.37. The van der Waals surface area contributed by atoms with Crippen molar-refractivity contribution in [2.75, 3.05) is 6.61 Å². The van der Waals surface area contributed by atoms with Gasteiger partial charge >= 0.3 is 0 Å². The van der Waals surface area contributed by atoms with E-state index in [2.05, 4.69) is 43.2 Å². The number of unbranched alkanes of at least 4 members (excludes halogenated alkanes) is 1. The Bertz CT molecular complexity index is 463. The van der Waals surface area contributed by atoms with Gasteiger partial charge in [-0.2, -0.15) is 0 Å². The minimum absolute atomic E-state index is 0.0653. The fourth-order valence-electron chi connectivity index (χ4n) is 1.57. The van der Waals surface area contributed by atoms with E-state index in [4.69, 9.17) is 4.74 Å². The number of Topliss-reactive ketones (excluding diaryl/α,β-unsaturated/α-hetero) is 1. The Labute approximate surface area is 123 Å². The quantitative estimate of drug-likeness (QED) is 0.433. The van der Waals surface area contributed by atoms with Crippen LogP contribution in [0.15, 0.2) is 30.3 Å². The number of carbonyl (C=O) groups excluding carboxylic acids is 1. The highest BCUT2D eigenvalue weighted by atomic mass is 28.3. The number of benzene rings is 1. The molecule has 0 aliphatic heterocycles. The van der Waals surface area contributed by atoms with Crippen LogP contribution in [-0.2, 0) is 16.1 Å². The SMILES string of the molecule is C[Si](C)(C)C#CC(=O)CCCCOCc1ccccc1. The van der Waals surface area contributed by atoms with Gasteiger partial charge < -0.3 is 4.74 Å². The van der Waals surface area contributed by atoms with Crippen LogP contribution in [0.25, 0.3) is 0 Å². The second-order valence-corrected chi connectivity index (χ2v) is 10.7. The molecule has 0 heterocycles. The fourth-order valence-corrected chi connectivity index (χ4v) is 2.09. The van der Waals surface area contributed by atoms with Gasteiger partial charge in [-0.25, -0.2) is 0 Å². The van der Waals surface area contributed by atoms with Crippen LogP contribution in [0.5, 0.6) is 0 Å². The Morgan fingerprint density at radius 1 is 1.15 bits per heavy atom. The van der Waals surface area contributed by atoms with Gasteiger partial charge in [-0.1, -0.05) is 50.0 Å². The largest absolute Gasteiger partial charge is 0.377 e. The van der Waals surface area contributed by atoms with Crippen molar-refractivity contribution in [1.82, 2.24) is 0 Å². The summed E-state index contributed by atoms with van der Waals surface area (Å²) in [6.45, 7) is 7.77. The Morgan fingerprint density at radius 2 is 1.85 bits per heavy atom. The summed E-state index contributed by atoms with van der Waals surface area (Å²) < 4.78 is 5.58. The smallest absolute Gasteiger partial charge is 0.204 e. The Kier molecular flexibility index (Phi) is 7.28. The van der Waals surface area contributed by atoms with E-state index >= 15 is 0 Å². The molecule has 20 heavy (non-hydrogen) atoms. The highest BCUT2D eigenvalue weighted by molar-refractivity contribution is 6.84. The van der Waals surface area contributed by atoms with Crippen molar-refractivity contribution >= 4 is 13.9 Å². The van der Waals surface area contributed by atoms with Gasteiger partial charge in [0.05, 0.1) is 6.61 Å². The van der Waals surface area contributed by atoms with E-state index in [-0.39, 0.29) is 5.78 Å². The van der Waals surface area contributed by atoms with Crippen LogP contribution in [0.2, 0.25) is 19.6 Å². The van der Waals surface area contributed by atoms with Crippen LogP contribution in [-0.4, -0.2) is 20.5 Å². The summed E-state index contributed by atoms with van der Waals surface area (Å²) in [7, 11) is -1.42. The summed E-state index contributed by atoms with van der Waals surface area (Å²) in [6, 6.07) is 10.1. The Balaban J connectivity index is 2.07. The molecule has 3 heteroatoms. The highest BCUT2D eigenvalue weighted by Gasteiger charge is 2.08. The Morgan fingerprint density at radius 3 is 2.50 bits per heavy atom. The second-order valence-electron chi connectivity index (χ2n) is 5.92. The number of ketones is 1. The van der Waals surface area contributed by atoms with E-state index in [1.54, 1.807) is 0 Å². The monoisotopic (exact) mass is 288 g/mol. The first-order valence-electron chi connectivity index (χ1n) is 7.15. The zero-order valence-corrected chi connectivity index (χ0v) is 13.7. The summed E-state index contributed by atoms with van der Waals surface area (Å²) in [5, 5.41) is 0. The van der Waals surface area contributed by atoms with E-state index in [0.717, 1.165) is 12.8 Å². The molecule has 0 amide bonds. The van der Waals surface area contributed by atoms with Crippen molar-refractivity contribution in [1.29, 1.82) is 0 Å². The molecule has 0 unspecified atom stereocenters. The summed E-state index contributed by atoms with van der Waals surface area (Å²) in [5.74, 6) is 2.84. The second kappa shape index (κ2) is 8.73. The van der Waals surface area contributed by atoms with Gasteiger partial charge in [0, 0.05) is 13.0 Å². The molecule has 0 atom stereocenters. The summed E-state index contributed by atoms with van der Waals surface area (Å²) in [5.41, 5.74) is 4.29. The molecule has 0 aliphatic rings. The van der Waals surface area contributed by atoms with Crippen molar-refractivity contribution in [3.8, 4) is 11.5 Å². The van der Waals surface area contributed by atoms with Crippen molar-refractivity contribution in [3.05, 3.63) is 35.9 Å². The average Bonchev–Trinajstić information content (AvgIpc) is 2.41. The molecule has 0 aliphatic carbocycles. The first-order valence-corrected chi connectivity index (χ1v) is 10.6. The molecule has 2 nitrogen and oxygen atoms in total. The van der Waals surface area contributed by atoms with Crippen molar-refractivity contribution in [3.63, 3.8) is 0 Å². The molecule has 0 bridgehead atoms. The third-order valence-electron chi connectivity index (χ3n) is 2.63. The number of hydrogen-bond donors (Lipinski definition) is 0. The maximum absolute atomic E-state index is 11.6. The number of hydrogen-bond acceptors (Lipinski definition) is 2. The van der Waals surface area contributed by atoms with Crippen LogP contribution >= 0.6 is 0 Å². The van der Waals surface area contributed by atoms with Crippen LogP contribution in [0.4, 0.5) is 0 Å². The van der Waals surface area contributed by atoms with Crippen LogP contribution in [0.1, 0.15) is 24.8 Å². The minimum Gasteiger partial charge on any atom is -0.377 e. The molecule has 1 aromatic rings. The molecule has 1 aromatic carbocycles. The molecule has 0 aromatic heterocycles. The van der Waals surface area contributed by atoms with Gasteiger partial charge in [0.15, 0.2) is 0 Å². The number of rotatable bonds is 7. The van der Waals surface area contributed by atoms with Crippen LogP contribution in [0, 0.1) is 11.5 Å². The van der Waals surface area contributed by atoms with Crippen molar-refractivity contribution in [2.45, 2.75) is 45.5 Å². The van der Waals surface area contributed by atoms with E-state index < -0.39 is 8.07 Å². The molecule has 0 saturated heterocycles. The maximum Gasteiger partial charge on any atom is 0.204 e. The predicted octanol–water partition coefficient (Wildman–Crippen LogP) is 3.82. The van der Waals surface area contributed by atoms with E-state index in [0.29, 0.717) is 19.6 Å². The fraction of sp³-hybridized carbons (Fsp3) is 0.471. The number of ether oxygens (including phenoxy) is 1. The maximum atomic E-state index is 11.6. The summed E-state index contributed by atoms with van der Waals surface area (Å²) in [6.07, 6.45) is 2.31. The highest BCUT2D eigenvalue weighted by Crippen LogP contribution is 2.03. The van der Waals surface area contributed by atoms with Gasteiger partial charge in [-0.15, -0.1) is 5.54 Å². The third kappa shape index (κ3) is 8.68. The van der Waals surface area contributed by atoms with E-state index in [9.17, 15) is 4.79 Å². The zero-order valence-electron chi connectivity index (χ0n) is 12.7. The lowest BCUT2D eigenvalue weighted by molar-refractivity contribution is -0.113. The van der Waals surface area contributed by atoms with Gasteiger partial charge in [0.25, 0.3) is 0 Å². The summed E-state index contributed by atoms with van der Waals surface area (Å²) in [4.78, 5) is 11.6. The average molecular weight is 288 g/mol. The van der Waals surface area contributed by atoms with Crippen molar-refractivity contribution < 1.29 is 9.53 Å². The molecule has 0 fully saturated rings. The third-order valence-corrected chi connectivity index (χ3v) is 3.51. The van der Waals surface area contributed by atoms with Gasteiger partial charge in [-0.3, -0.25) is 4.79 Å². The zero-order chi connectivity index (χ0) is 14.8.